The van der Waals surface area contributed by atoms with Gasteiger partial charge in [0.05, 0.1) is 18.6 Å². The second kappa shape index (κ2) is 11.2. The minimum atomic E-state index is -4.57. The Balaban J connectivity index is 1.95. The molecule has 10 heteroatoms. The highest BCUT2D eigenvalue weighted by Gasteiger charge is 2.60. The molecule has 8 nitrogen and oxygen atoms in total. The van der Waals surface area contributed by atoms with Crippen LogP contribution in [0.1, 0.15) is 10.4 Å². The second-order valence-corrected chi connectivity index (χ2v) is 14.2. The Labute approximate surface area is 238 Å². The van der Waals surface area contributed by atoms with Gasteiger partial charge < -0.3 is 14.6 Å². The van der Waals surface area contributed by atoms with Gasteiger partial charge in [-0.2, -0.15) is 0 Å². The van der Waals surface area contributed by atoms with E-state index in [2.05, 4.69) is 0 Å². The van der Waals surface area contributed by atoms with Gasteiger partial charge in [-0.1, -0.05) is 66.7 Å². The van der Waals surface area contributed by atoms with Crippen LogP contribution in [0.2, 0.25) is 0 Å². The molecule has 0 aliphatic carbocycles. The molecule has 1 atom stereocenters. The number of esters is 1. The summed E-state index contributed by atoms with van der Waals surface area (Å²) in [5, 5.41) is 15.8. The van der Waals surface area contributed by atoms with Gasteiger partial charge in [0.1, 0.15) is 33.4 Å². The molecule has 1 aliphatic rings. The Morgan fingerprint density at radius 2 is 1.17 bits per heavy atom. The van der Waals surface area contributed by atoms with Gasteiger partial charge in [0, 0.05) is 0 Å². The zero-order chi connectivity index (χ0) is 29.2. The van der Waals surface area contributed by atoms with Gasteiger partial charge in [-0.15, -0.1) is 0 Å². The normalized spacial score (nSPS) is 15.5. The zero-order valence-electron chi connectivity index (χ0n) is 22.2. The molecule has 0 N–H and O–H groups in total. The van der Waals surface area contributed by atoms with E-state index >= 15 is 0 Å². The van der Waals surface area contributed by atoms with Crippen LogP contribution in [0.3, 0.4) is 0 Å². The first kappa shape index (κ1) is 28.1. The highest BCUT2D eigenvalue weighted by molar-refractivity contribution is 7.99. The van der Waals surface area contributed by atoms with E-state index in [9.17, 15) is 23.1 Å². The molecule has 0 radical (unpaired) electrons. The van der Waals surface area contributed by atoms with Crippen molar-refractivity contribution in [2.75, 3.05) is 14.2 Å². The van der Waals surface area contributed by atoms with Crippen molar-refractivity contribution in [2.24, 2.45) is 0 Å². The van der Waals surface area contributed by atoms with Crippen LogP contribution < -0.4 is 21.0 Å². The number of carbonyl (C=O) groups excluding carboxylic acids is 2. The van der Waals surface area contributed by atoms with Crippen molar-refractivity contribution >= 4 is 45.1 Å². The third-order valence-corrected chi connectivity index (χ3v) is 13.1. The minimum absolute atomic E-state index is 0.103. The first-order chi connectivity index (χ1) is 19.8. The molecule has 1 aliphatic heterocycles. The molecule has 0 spiro atoms. The highest BCUT2D eigenvalue weighted by atomic mass is 32.2. The molecule has 1 amide bonds. The predicted octanol–water partition coefficient (Wildman–Crippen LogP) is 2.54. The lowest BCUT2D eigenvalue weighted by molar-refractivity contribution is -0.354. The van der Waals surface area contributed by atoms with E-state index in [0.717, 1.165) is 14.2 Å². The molecule has 1 unspecified atom stereocenters. The average molecular weight is 588 g/mol. The maximum atomic E-state index is 14.1. The number of fused-ring (bicyclic) bond motifs is 1. The number of methoxy groups -OCH3 is 2. The fourth-order valence-corrected chi connectivity index (χ4v) is 11.5. The standard InChI is InChI=1S/C31H26NO7PS/c1-38-30(34)27(32-29(33)25-20-12-13-21-26(25)41(32,36)37)28(31(35)39-2)40(22-14-6-3-7-15-22,23-16-8-4-9-17-23)24-18-10-5-11-19-24/h3-21,27H,1-2H3/b31-28+. The highest BCUT2D eigenvalue weighted by Crippen LogP contribution is 2.65. The number of carbonyl (C=O) groups is 2. The second-order valence-electron chi connectivity index (χ2n) is 9.08. The summed E-state index contributed by atoms with van der Waals surface area (Å²) in [4.78, 5) is 27.3. The van der Waals surface area contributed by atoms with E-state index in [-0.39, 0.29) is 15.8 Å². The molecule has 0 fully saturated rings. The molecule has 0 saturated carbocycles. The Bertz CT molecular complexity index is 1630. The van der Waals surface area contributed by atoms with E-state index in [1.54, 1.807) is 36.4 Å². The molecule has 1 heterocycles. The van der Waals surface area contributed by atoms with Crippen LogP contribution >= 0.6 is 7.26 Å². The fourth-order valence-electron chi connectivity index (χ4n) is 5.24. The van der Waals surface area contributed by atoms with Crippen LogP contribution in [0.5, 0.6) is 0 Å². The molecule has 4 aromatic carbocycles. The number of benzene rings is 4. The summed E-state index contributed by atoms with van der Waals surface area (Å²) >= 11 is 0. The molecule has 0 aromatic heterocycles. The Kier molecular flexibility index (Phi) is 7.67. The topological polar surface area (TPSA) is 113 Å². The molecular formula is C31H26NO7PS. The molecular weight excluding hydrogens is 561 g/mol. The van der Waals surface area contributed by atoms with E-state index in [0.29, 0.717) is 20.2 Å². The van der Waals surface area contributed by atoms with Crippen molar-refractivity contribution in [3.63, 3.8) is 0 Å². The smallest absolute Gasteiger partial charge is 0.338 e. The van der Waals surface area contributed by atoms with Gasteiger partial charge in [0.25, 0.3) is 15.9 Å². The van der Waals surface area contributed by atoms with Crippen molar-refractivity contribution in [3.05, 3.63) is 132 Å². The molecule has 41 heavy (non-hydrogen) atoms. The maximum absolute atomic E-state index is 14.1. The van der Waals surface area contributed by atoms with Gasteiger partial charge in [0.15, 0.2) is 0 Å². The summed E-state index contributed by atoms with van der Waals surface area (Å²) in [7, 11) is -5.74. The molecule has 4 aromatic rings. The van der Waals surface area contributed by atoms with E-state index in [4.69, 9.17) is 9.47 Å². The van der Waals surface area contributed by atoms with Crippen LogP contribution in [0.15, 0.2) is 131 Å². The fraction of sp³-hybridized carbons (Fsp3) is 0.0968. The number of amides is 1. The van der Waals surface area contributed by atoms with Gasteiger partial charge in [-0.3, -0.25) is 4.79 Å². The number of hydrogen-bond donors (Lipinski definition) is 0. The van der Waals surface area contributed by atoms with Crippen LogP contribution in [-0.4, -0.2) is 44.9 Å². The van der Waals surface area contributed by atoms with E-state index in [1.807, 2.05) is 54.6 Å². The van der Waals surface area contributed by atoms with Crippen molar-refractivity contribution in [3.8, 4) is 0 Å². The van der Waals surface area contributed by atoms with E-state index < -0.39 is 41.1 Å². The monoisotopic (exact) mass is 587 g/mol. The predicted molar refractivity (Wildman–Crippen MR) is 155 cm³/mol. The summed E-state index contributed by atoms with van der Waals surface area (Å²) < 4.78 is 38.8. The first-order valence-corrected chi connectivity index (χ1v) is 15.8. The Hall–Kier alpha value is -4.46. The van der Waals surface area contributed by atoms with Crippen LogP contribution in [0.25, 0.3) is 0 Å². The molecule has 5 rings (SSSR count). The molecule has 0 bridgehead atoms. The number of sulfonamides is 1. The summed E-state index contributed by atoms with van der Waals surface area (Å²) in [6, 6.07) is 30.9. The van der Waals surface area contributed by atoms with Gasteiger partial charge in [0.2, 0.25) is 6.04 Å². The SMILES string of the molecule is COC(=O)C(/C(=C(/[O-])OC)[P+](c1ccccc1)(c1ccccc1)c1ccccc1)N1C(=O)c2ccccc2S1(=O)=O. The summed E-state index contributed by atoms with van der Waals surface area (Å²) in [5.41, 5.74) is -0.103. The summed E-state index contributed by atoms with van der Waals surface area (Å²) in [6.45, 7) is 0. The van der Waals surface area contributed by atoms with Crippen molar-refractivity contribution in [2.45, 2.75) is 10.9 Å². The van der Waals surface area contributed by atoms with E-state index in [1.165, 1.54) is 24.3 Å². The molecule has 208 valence electrons. The number of nitrogens with zero attached hydrogens (tertiary/aromatic N) is 1. The van der Waals surface area contributed by atoms with Crippen molar-refractivity contribution < 1.29 is 32.6 Å². The van der Waals surface area contributed by atoms with Crippen LogP contribution in [0, 0.1) is 0 Å². The van der Waals surface area contributed by atoms with Gasteiger partial charge in [-0.05, 0) is 55.6 Å². The number of rotatable bonds is 8. The summed E-state index contributed by atoms with van der Waals surface area (Å²) in [5.74, 6) is -2.98. The minimum Gasteiger partial charge on any atom is -0.614 e. The summed E-state index contributed by atoms with van der Waals surface area (Å²) in [6.07, 6.45) is 0. The zero-order valence-corrected chi connectivity index (χ0v) is 23.9. The number of hydrogen-bond acceptors (Lipinski definition) is 7. The first-order valence-electron chi connectivity index (χ1n) is 12.6. The van der Waals surface area contributed by atoms with Crippen LogP contribution in [-0.2, 0) is 24.3 Å². The largest absolute Gasteiger partial charge is 0.614 e. The lowest BCUT2D eigenvalue weighted by Crippen LogP contribution is -2.51. The lowest BCUT2D eigenvalue weighted by atomic mass is 10.2. The lowest BCUT2D eigenvalue weighted by Gasteiger charge is -2.36. The Morgan fingerprint density at radius 1 is 0.732 bits per heavy atom. The van der Waals surface area contributed by atoms with Gasteiger partial charge in [-0.25, -0.2) is 17.5 Å². The third-order valence-electron chi connectivity index (χ3n) is 6.96. The third kappa shape index (κ3) is 4.47. The molecule has 0 saturated heterocycles. The Morgan fingerprint density at radius 3 is 1.59 bits per heavy atom. The van der Waals surface area contributed by atoms with Crippen LogP contribution in [0.4, 0.5) is 0 Å². The quantitative estimate of drug-likeness (QED) is 0.177. The van der Waals surface area contributed by atoms with Gasteiger partial charge >= 0.3 is 5.97 Å². The average Bonchev–Trinajstić information content (AvgIpc) is 3.22. The number of ether oxygens (including phenoxy) is 2. The van der Waals surface area contributed by atoms with Crippen molar-refractivity contribution in [1.29, 1.82) is 0 Å². The maximum Gasteiger partial charge on any atom is 0.338 e. The van der Waals surface area contributed by atoms with Crippen molar-refractivity contribution in [1.82, 2.24) is 4.31 Å².